The van der Waals surface area contributed by atoms with Crippen molar-refractivity contribution in [3.8, 4) is 0 Å². The Kier molecular flexibility index (Phi) is 10.6. The van der Waals surface area contributed by atoms with Gasteiger partial charge in [0.1, 0.15) is 18.1 Å². The van der Waals surface area contributed by atoms with E-state index < -0.39 is 42.0 Å². The molecule has 0 saturated carbocycles. The summed E-state index contributed by atoms with van der Waals surface area (Å²) in [5.74, 6) is -2.76. The largest absolute Gasteiger partial charge is 0.480 e. The van der Waals surface area contributed by atoms with Gasteiger partial charge in [-0.3, -0.25) is 19.4 Å². The zero-order valence-corrected chi connectivity index (χ0v) is 22.4. The molecule has 1 aromatic carbocycles. The summed E-state index contributed by atoms with van der Waals surface area (Å²) in [6.45, 7) is 0.579. The molecule has 2 aromatic rings. The predicted octanol–water partition coefficient (Wildman–Crippen LogP) is -0.934. The third kappa shape index (κ3) is 7.86. The molecule has 1 aromatic heterocycles. The molecule has 10 N–H and O–H groups in total. The molecule has 3 rings (SSSR count). The van der Waals surface area contributed by atoms with Crippen molar-refractivity contribution < 1.29 is 24.3 Å². The number of aliphatic imine (C=N–C) groups is 1. The second-order valence-electron chi connectivity index (χ2n) is 9.45. The number of hydrogen-bond donors (Lipinski definition) is 8. The van der Waals surface area contributed by atoms with E-state index in [1.54, 1.807) is 6.20 Å². The highest BCUT2D eigenvalue weighted by atomic mass is 32.1. The maximum atomic E-state index is 13.3. The van der Waals surface area contributed by atoms with Gasteiger partial charge in [0.2, 0.25) is 17.7 Å². The zero-order valence-electron chi connectivity index (χ0n) is 21.5. The number of aromatic amines is 1. The number of rotatable bonds is 13. The lowest BCUT2D eigenvalue weighted by Gasteiger charge is -2.28. The molecule has 2 heterocycles. The van der Waals surface area contributed by atoms with Crippen molar-refractivity contribution in [3.63, 3.8) is 0 Å². The molecule has 0 radical (unpaired) electrons. The highest BCUT2D eigenvalue weighted by molar-refractivity contribution is 7.80. The maximum Gasteiger partial charge on any atom is 0.326 e. The van der Waals surface area contributed by atoms with Crippen molar-refractivity contribution in [2.75, 3.05) is 18.8 Å². The summed E-state index contributed by atoms with van der Waals surface area (Å²) < 4.78 is 0. The average molecular weight is 561 g/mol. The number of thiol groups is 1. The van der Waals surface area contributed by atoms with E-state index in [1.165, 1.54) is 4.90 Å². The number of carbonyl (C=O) groups excluding carboxylic acids is 3. The maximum absolute atomic E-state index is 13.3. The number of fused-ring (bicyclic) bond motifs is 1. The molecule has 4 atom stereocenters. The standard InChI is InChI=1S/C25H36N8O5S/c26-16(13-39)23(36)33-10-4-8-20(33)22(35)31-18(7-3-9-29-25(27)28)21(34)32-19(24(37)38)11-14-12-30-17-6-2-1-5-15(14)17/h1-2,5-6,12,16,18-20,30,39H,3-4,7-11,13,26H2,(H,31,35)(H,32,34)(H,37,38)(H4,27,28,29). The topological polar surface area (TPSA) is 222 Å². The lowest BCUT2D eigenvalue weighted by molar-refractivity contribution is -0.143. The summed E-state index contributed by atoms with van der Waals surface area (Å²) in [5.41, 5.74) is 18.2. The van der Waals surface area contributed by atoms with Crippen molar-refractivity contribution in [1.82, 2.24) is 20.5 Å². The average Bonchev–Trinajstić information content (AvgIpc) is 3.56. The van der Waals surface area contributed by atoms with Crippen LogP contribution in [0.25, 0.3) is 10.9 Å². The Morgan fingerprint density at radius 1 is 1.18 bits per heavy atom. The molecule has 0 spiro atoms. The molecule has 39 heavy (non-hydrogen) atoms. The Morgan fingerprint density at radius 2 is 1.92 bits per heavy atom. The minimum Gasteiger partial charge on any atom is -0.480 e. The number of benzene rings is 1. The van der Waals surface area contributed by atoms with Crippen molar-refractivity contribution in [2.45, 2.75) is 56.3 Å². The van der Waals surface area contributed by atoms with Crippen molar-refractivity contribution in [2.24, 2.45) is 22.2 Å². The molecular formula is C25H36N8O5S. The first-order valence-electron chi connectivity index (χ1n) is 12.7. The van der Waals surface area contributed by atoms with E-state index in [-0.39, 0.29) is 37.0 Å². The van der Waals surface area contributed by atoms with Gasteiger partial charge in [-0.15, -0.1) is 0 Å². The quantitative estimate of drug-likeness (QED) is 0.0659. The first-order valence-corrected chi connectivity index (χ1v) is 13.4. The summed E-state index contributed by atoms with van der Waals surface area (Å²) in [7, 11) is 0. The van der Waals surface area contributed by atoms with Gasteiger partial charge in [0, 0.05) is 42.4 Å². The fraction of sp³-hybridized carbons (Fsp3) is 0.480. The zero-order chi connectivity index (χ0) is 28.5. The van der Waals surface area contributed by atoms with Crippen LogP contribution in [0, 0.1) is 0 Å². The highest BCUT2D eigenvalue weighted by Gasteiger charge is 2.37. The van der Waals surface area contributed by atoms with Crippen LogP contribution in [0.2, 0.25) is 0 Å². The number of aromatic nitrogens is 1. The van der Waals surface area contributed by atoms with Gasteiger partial charge in [-0.2, -0.15) is 12.6 Å². The summed E-state index contributed by atoms with van der Waals surface area (Å²) in [6, 6.07) is 3.48. The molecule has 1 fully saturated rings. The van der Waals surface area contributed by atoms with Crippen LogP contribution < -0.4 is 27.8 Å². The van der Waals surface area contributed by atoms with Crippen LogP contribution in [0.15, 0.2) is 35.5 Å². The molecule has 1 aliphatic rings. The van der Waals surface area contributed by atoms with Crippen LogP contribution in [0.5, 0.6) is 0 Å². The SMILES string of the molecule is NC(N)=NCCCC(NC(=O)C1CCCN1C(=O)C(N)CS)C(=O)NC(Cc1c[nH]c2ccccc12)C(=O)O. The van der Waals surface area contributed by atoms with E-state index in [0.717, 1.165) is 16.5 Å². The molecule has 1 aliphatic heterocycles. The fourth-order valence-electron chi connectivity index (χ4n) is 4.63. The number of aliphatic carboxylic acids is 1. The second kappa shape index (κ2) is 13.8. The molecule has 212 valence electrons. The number of amides is 3. The molecule has 0 aliphatic carbocycles. The molecule has 0 bridgehead atoms. The van der Waals surface area contributed by atoms with Crippen molar-refractivity contribution in [3.05, 3.63) is 36.0 Å². The molecular weight excluding hydrogens is 524 g/mol. The first-order chi connectivity index (χ1) is 18.6. The summed E-state index contributed by atoms with van der Waals surface area (Å²) in [5, 5.41) is 16.0. The van der Waals surface area contributed by atoms with Crippen LogP contribution in [-0.2, 0) is 25.6 Å². The van der Waals surface area contributed by atoms with Gasteiger partial charge >= 0.3 is 5.97 Å². The second-order valence-corrected chi connectivity index (χ2v) is 9.82. The van der Waals surface area contributed by atoms with Crippen LogP contribution in [0.4, 0.5) is 0 Å². The first kappa shape index (κ1) is 29.8. The number of guanidine groups is 1. The van der Waals surface area contributed by atoms with E-state index in [1.807, 2.05) is 24.3 Å². The van der Waals surface area contributed by atoms with Gasteiger partial charge in [0.15, 0.2) is 5.96 Å². The van der Waals surface area contributed by atoms with Gasteiger partial charge < -0.3 is 42.8 Å². The van der Waals surface area contributed by atoms with Crippen LogP contribution >= 0.6 is 12.6 Å². The Balaban J connectivity index is 1.74. The molecule has 1 saturated heterocycles. The number of nitrogens with two attached hydrogens (primary N) is 3. The van der Waals surface area contributed by atoms with E-state index in [4.69, 9.17) is 17.2 Å². The lowest BCUT2D eigenvalue weighted by atomic mass is 10.0. The van der Waals surface area contributed by atoms with Gasteiger partial charge in [0.05, 0.1) is 6.04 Å². The fourth-order valence-corrected chi connectivity index (χ4v) is 4.78. The normalized spacial score (nSPS) is 17.3. The van der Waals surface area contributed by atoms with Gasteiger partial charge in [0.25, 0.3) is 0 Å². The number of para-hydroxylation sites is 1. The summed E-state index contributed by atoms with van der Waals surface area (Å²) in [4.78, 5) is 59.6. The van der Waals surface area contributed by atoms with Crippen LogP contribution in [0.3, 0.4) is 0 Å². The number of carbonyl (C=O) groups is 4. The van der Waals surface area contributed by atoms with E-state index in [0.29, 0.717) is 25.8 Å². The predicted molar refractivity (Wildman–Crippen MR) is 150 cm³/mol. The number of H-pyrrole nitrogens is 1. The Labute approximate surface area is 231 Å². The monoisotopic (exact) mass is 560 g/mol. The van der Waals surface area contributed by atoms with Gasteiger partial charge in [-0.1, -0.05) is 18.2 Å². The Morgan fingerprint density at radius 3 is 2.62 bits per heavy atom. The van der Waals surface area contributed by atoms with Crippen molar-refractivity contribution in [1.29, 1.82) is 0 Å². The third-order valence-electron chi connectivity index (χ3n) is 6.64. The number of nitrogens with one attached hydrogen (secondary N) is 3. The van der Waals surface area contributed by atoms with E-state index in [2.05, 4.69) is 33.2 Å². The smallest absolute Gasteiger partial charge is 0.326 e. The highest BCUT2D eigenvalue weighted by Crippen LogP contribution is 2.20. The number of hydrogen-bond acceptors (Lipinski definition) is 7. The minimum absolute atomic E-state index is 0.0340. The molecule has 13 nitrogen and oxygen atoms in total. The molecule has 4 unspecified atom stereocenters. The van der Waals surface area contributed by atoms with Crippen LogP contribution in [-0.4, -0.2) is 87.7 Å². The number of carboxylic acids is 1. The van der Waals surface area contributed by atoms with Gasteiger partial charge in [-0.05, 0) is 37.3 Å². The summed E-state index contributed by atoms with van der Waals surface area (Å²) >= 11 is 4.07. The Bertz CT molecular complexity index is 1210. The number of carboxylic acid groups (broad SMARTS) is 1. The number of likely N-dealkylation sites (tertiary alicyclic amines) is 1. The lowest BCUT2D eigenvalue weighted by Crippen LogP contribution is -2.57. The number of nitrogens with zero attached hydrogens (tertiary/aromatic N) is 2. The minimum atomic E-state index is -1.24. The molecule has 3 amide bonds. The van der Waals surface area contributed by atoms with Crippen molar-refractivity contribution >= 4 is 53.2 Å². The summed E-state index contributed by atoms with van der Waals surface area (Å²) in [6.07, 6.45) is 3.25. The molecule has 14 heteroatoms. The van der Waals surface area contributed by atoms with E-state index in [9.17, 15) is 24.3 Å². The Hall–Kier alpha value is -3.78. The van der Waals surface area contributed by atoms with Crippen LogP contribution in [0.1, 0.15) is 31.2 Å². The van der Waals surface area contributed by atoms with Gasteiger partial charge in [-0.25, -0.2) is 4.79 Å². The van der Waals surface area contributed by atoms with E-state index >= 15 is 0 Å². The third-order valence-corrected chi connectivity index (χ3v) is 7.04.